The Morgan fingerprint density at radius 2 is 0.538 bits per heavy atom. The van der Waals surface area contributed by atoms with Gasteiger partial charge in [-0.25, -0.2) is 0 Å². The van der Waals surface area contributed by atoms with Crippen molar-refractivity contribution in [1.29, 1.82) is 0 Å². The maximum absolute atomic E-state index is 9.75. The van der Waals surface area contributed by atoms with Crippen LogP contribution in [0.3, 0.4) is 0 Å². The first-order valence-corrected chi connectivity index (χ1v) is 12.5. The molecule has 0 bridgehead atoms. The molecule has 0 aromatic rings. The number of unbranched alkanes of at least 4 members (excludes halogenated alkanes) is 1. The van der Waals surface area contributed by atoms with Crippen LogP contribution in [-0.4, -0.2) is 82.6 Å². The van der Waals surface area contributed by atoms with Crippen molar-refractivity contribution in [2.24, 2.45) is 0 Å². The van der Waals surface area contributed by atoms with E-state index in [0.29, 0.717) is 0 Å². The van der Waals surface area contributed by atoms with Crippen LogP contribution in [0.4, 0.5) is 138 Å². The molecule has 1 saturated heterocycles. The fraction of sp³-hybridized carbons (Fsp3) is 1.00. The number of hydrogen-bond donors (Lipinski definition) is 0. The van der Waals surface area contributed by atoms with Gasteiger partial charge < -0.3 is 143 Å². The second-order valence-electron chi connectivity index (χ2n) is 7.38. The highest BCUT2D eigenvalue weighted by Crippen LogP contribution is 2.19. The van der Waals surface area contributed by atoms with Crippen LogP contribution in [0, 0.1) is 0 Å². The Balaban J connectivity index is -0.0000000577. The molecule has 1 nitrogen and oxygen atoms in total. The van der Waals surface area contributed by atoms with Crippen LogP contribution >= 0.6 is 0 Å². The summed E-state index contributed by atoms with van der Waals surface area (Å²) in [5, 5.41) is 0. The van der Waals surface area contributed by atoms with Gasteiger partial charge in [0.15, 0.2) is 0 Å². The first-order chi connectivity index (χ1) is 21.8. The molecule has 0 aliphatic carbocycles. The molecule has 1 heterocycles. The van der Waals surface area contributed by atoms with E-state index in [9.17, 15) is 138 Å². The highest BCUT2D eigenvalue weighted by atomic mass is 19.5. The summed E-state index contributed by atoms with van der Waals surface area (Å²) in [4.78, 5) is 2.51. The maximum atomic E-state index is 9.75. The summed E-state index contributed by atoms with van der Waals surface area (Å²) in [5.74, 6) is 0. The highest BCUT2D eigenvalue weighted by Gasteiger charge is 2.24. The topological polar surface area (TPSA) is 3.24 Å². The third-order valence-corrected chi connectivity index (χ3v) is 2.56. The molecule has 1 rings (SSSR count). The normalized spacial score (nSPS) is 14.7. The number of nitrogens with zero attached hydrogens (tertiary/aromatic N) is 1. The lowest BCUT2D eigenvalue weighted by Crippen LogP contribution is -2.24. The molecule has 1 aliphatic heterocycles. The zero-order chi connectivity index (χ0) is 45.4. The van der Waals surface area contributed by atoms with Gasteiger partial charge in [0.05, 0.1) is 0 Å². The summed E-state index contributed by atoms with van der Waals surface area (Å²) < 4.78 is 312. The van der Waals surface area contributed by atoms with Crippen molar-refractivity contribution in [2.75, 3.05) is 13.6 Å². The highest BCUT2D eigenvalue weighted by molar-refractivity contribution is 6.52. The first kappa shape index (κ1) is 71.6. The lowest BCUT2D eigenvalue weighted by molar-refractivity contribution is 0.291. The average Bonchev–Trinajstić information content (AvgIpc) is 3.08. The summed E-state index contributed by atoms with van der Waals surface area (Å²) >= 11 is 0. The van der Waals surface area contributed by atoms with Crippen LogP contribution in [0.2, 0.25) is 0 Å². The van der Waals surface area contributed by atoms with Crippen molar-refractivity contribution >= 4 is 58.0 Å². The molecule has 1 unspecified atom stereocenters. The van der Waals surface area contributed by atoms with E-state index < -0.39 is 58.0 Å². The number of likely N-dealkylation sites (tertiary alicyclic amines) is 1. The van der Waals surface area contributed by atoms with Gasteiger partial charge >= 0.3 is 58.0 Å². The monoisotopic (exact) mass is 867 g/mol. The standard InChI is InChI=1S/C9H19N.C2H6.8BF4/c1-3-4-6-9-7-5-8-10(9)2;1-2;8*2-1(3,4)5/h9H,3-8H2,1-2H3;1-2H3;;;;;;;;/q;;8*-1. The zero-order valence-electron chi connectivity index (χ0n) is 26.0. The van der Waals surface area contributed by atoms with Gasteiger partial charge in [0.2, 0.25) is 0 Å². The molecule has 1 fully saturated rings. The molecule has 0 saturated carbocycles. The predicted octanol–water partition coefficient (Wildman–Crippen LogP) is 13.7. The van der Waals surface area contributed by atoms with Crippen LogP contribution in [0.5, 0.6) is 0 Å². The summed E-state index contributed by atoms with van der Waals surface area (Å²) in [6, 6.07) is 0.917. The van der Waals surface area contributed by atoms with E-state index in [1.54, 1.807) is 0 Å². The number of halogens is 32. The van der Waals surface area contributed by atoms with E-state index in [1.807, 2.05) is 13.8 Å². The Morgan fingerprint density at radius 1 is 0.385 bits per heavy atom. The third-order valence-electron chi connectivity index (χ3n) is 2.56. The minimum Gasteiger partial charge on any atom is -0.418 e. The Kier molecular flexibility index (Phi) is 46.5. The summed E-state index contributed by atoms with van der Waals surface area (Å²) in [7, 11) is -45.7. The van der Waals surface area contributed by atoms with Crippen LogP contribution in [-0.2, 0) is 0 Å². The number of hydrogen-bond acceptors (Lipinski definition) is 1. The maximum Gasteiger partial charge on any atom is 0.673 e. The van der Waals surface area contributed by atoms with Crippen molar-refractivity contribution in [1.82, 2.24) is 4.90 Å². The second-order valence-corrected chi connectivity index (χ2v) is 7.38. The lowest BCUT2D eigenvalue weighted by Gasteiger charge is -2.18. The van der Waals surface area contributed by atoms with E-state index >= 15 is 0 Å². The molecular formula is C11H25B8F32N-8. The van der Waals surface area contributed by atoms with Gasteiger partial charge in [0, 0.05) is 6.04 Å². The van der Waals surface area contributed by atoms with Crippen LogP contribution in [0.1, 0.15) is 52.9 Å². The van der Waals surface area contributed by atoms with E-state index in [2.05, 4.69) is 18.9 Å². The Bertz CT molecular complexity index is 515. The third kappa shape index (κ3) is 719. The van der Waals surface area contributed by atoms with Gasteiger partial charge in [-0.1, -0.05) is 33.6 Å². The fourth-order valence-corrected chi connectivity index (χ4v) is 1.78. The minimum atomic E-state index is -6.00. The quantitative estimate of drug-likeness (QED) is 0.202. The predicted molar refractivity (Wildman–Crippen MR) is 138 cm³/mol. The molecule has 41 heteroatoms. The van der Waals surface area contributed by atoms with Crippen molar-refractivity contribution in [3.05, 3.63) is 0 Å². The molecule has 1 atom stereocenters. The molecule has 0 radical (unpaired) electrons. The zero-order valence-corrected chi connectivity index (χ0v) is 26.0. The SMILES string of the molecule is CC.CCCCC1CCCN1C.F[B-](F)(F)F.F[B-](F)(F)F.F[B-](F)(F)F.F[B-](F)(F)F.F[B-](F)(F)F.F[B-](F)(F)F.F[B-](F)(F)F.F[B-](F)(F)F. The molecule has 0 aromatic carbocycles. The second kappa shape index (κ2) is 33.8. The Hall–Kier alpha value is -1.76. The lowest BCUT2D eigenvalue weighted by atomic mass is 10.1. The average molecular weight is 866 g/mol. The smallest absolute Gasteiger partial charge is 0.418 e. The summed E-state index contributed by atoms with van der Waals surface area (Å²) in [6.07, 6.45) is 7.05. The molecular weight excluding hydrogens is 841 g/mol. The van der Waals surface area contributed by atoms with Crippen molar-refractivity contribution in [2.45, 2.75) is 58.9 Å². The van der Waals surface area contributed by atoms with Crippen molar-refractivity contribution in [3.63, 3.8) is 0 Å². The van der Waals surface area contributed by atoms with Crippen LogP contribution in [0.25, 0.3) is 0 Å². The van der Waals surface area contributed by atoms with E-state index in [4.69, 9.17) is 0 Å². The van der Waals surface area contributed by atoms with Gasteiger partial charge in [-0.05, 0) is 32.9 Å². The van der Waals surface area contributed by atoms with Gasteiger partial charge in [0.1, 0.15) is 0 Å². The molecule has 1 aliphatic rings. The Morgan fingerprint density at radius 3 is 0.635 bits per heavy atom. The Labute approximate surface area is 274 Å². The van der Waals surface area contributed by atoms with Crippen molar-refractivity contribution in [3.8, 4) is 0 Å². The van der Waals surface area contributed by atoms with Gasteiger partial charge in [-0.2, -0.15) is 0 Å². The van der Waals surface area contributed by atoms with Crippen LogP contribution < -0.4 is 0 Å². The molecule has 0 N–H and O–H groups in total. The van der Waals surface area contributed by atoms with Gasteiger partial charge in [0.25, 0.3) is 0 Å². The summed E-state index contributed by atoms with van der Waals surface area (Å²) in [6.45, 7) is 7.60. The van der Waals surface area contributed by atoms with E-state index in [1.165, 1.54) is 38.6 Å². The number of rotatable bonds is 3. The fourth-order valence-electron chi connectivity index (χ4n) is 1.78. The van der Waals surface area contributed by atoms with E-state index in [-0.39, 0.29) is 0 Å². The molecule has 0 aromatic heterocycles. The van der Waals surface area contributed by atoms with Crippen molar-refractivity contribution < 1.29 is 138 Å². The molecule has 0 amide bonds. The minimum absolute atomic E-state index is 0.917. The van der Waals surface area contributed by atoms with Gasteiger partial charge in [-0.3, -0.25) is 0 Å². The molecule has 52 heavy (non-hydrogen) atoms. The first-order valence-electron chi connectivity index (χ1n) is 12.5. The van der Waals surface area contributed by atoms with E-state index in [0.717, 1.165) is 6.04 Å². The largest absolute Gasteiger partial charge is 0.673 e. The molecule has 0 spiro atoms. The van der Waals surface area contributed by atoms with Crippen LogP contribution in [0.15, 0.2) is 0 Å². The molecule has 330 valence electrons. The van der Waals surface area contributed by atoms with Gasteiger partial charge in [-0.15, -0.1) is 0 Å². The summed E-state index contributed by atoms with van der Waals surface area (Å²) in [5.41, 5.74) is 0.